The molecule has 8 heteroatoms. The molecule has 0 aliphatic carbocycles. The minimum absolute atomic E-state index is 0.148. The number of halogens is 3. The summed E-state index contributed by atoms with van der Waals surface area (Å²) < 4.78 is 38.9. The van der Waals surface area contributed by atoms with E-state index in [-0.39, 0.29) is 17.7 Å². The average Bonchev–Trinajstić information content (AvgIpc) is 2.79. The lowest BCUT2D eigenvalue weighted by molar-refractivity contribution is -0.118. The van der Waals surface area contributed by atoms with Crippen molar-refractivity contribution in [2.75, 3.05) is 18.5 Å². The highest BCUT2D eigenvalue weighted by atomic mass is 79.9. The summed E-state index contributed by atoms with van der Waals surface area (Å²) in [6, 6.07) is 16.7. The Morgan fingerprint density at radius 1 is 1.12 bits per heavy atom. The van der Waals surface area contributed by atoms with Crippen LogP contribution in [0, 0.1) is 23.0 Å². The SMILES string of the molecule is CCOc1cc(/C=C(/C#N)c2ccccc2F)cc(Br)c1OCC(=O)Nc1ccc(F)cc1. The zero-order chi connectivity index (χ0) is 23.8. The molecule has 0 unspecified atom stereocenters. The first kappa shape index (κ1) is 24.0. The largest absolute Gasteiger partial charge is 0.490 e. The summed E-state index contributed by atoms with van der Waals surface area (Å²) >= 11 is 3.41. The Kier molecular flexibility index (Phi) is 8.17. The fourth-order valence-corrected chi connectivity index (χ4v) is 3.53. The van der Waals surface area contributed by atoms with Crippen molar-refractivity contribution in [2.24, 2.45) is 0 Å². The van der Waals surface area contributed by atoms with E-state index < -0.39 is 17.5 Å². The van der Waals surface area contributed by atoms with Crippen LogP contribution in [0.4, 0.5) is 14.5 Å². The van der Waals surface area contributed by atoms with Gasteiger partial charge in [0.2, 0.25) is 0 Å². The highest BCUT2D eigenvalue weighted by Gasteiger charge is 2.15. The maximum Gasteiger partial charge on any atom is 0.262 e. The van der Waals surface area contributed by atoms with E-state index in [0.29, 0.717) is 33.8 Å². The number of nitrogens with zero attached hydrogens (tertiary/aromatic N) is 1. The van der Waals surface area contributed by atoms with Gasteiger partial charge in [-0.3, -0.25) is 4.79 Å². The summed E-state index contributed by atoms with van der Waals surface area (Å²) in [5, 5.41) is 12.1. The van der Waals surface area contributed by atoms with Crippen molar-refractivity contribution in [1.82, 2.24) is 0 Å². The molecular formula is C25H19BrF2N2O3. The number of anilines is 1. The monoisotopic (exact) mass is 512 g/mol. The quantitative estimate of drug-likeness (QED) is 0.287. The summed E-state index contributed by atoms with van der Waals surface area (Å²) in [4.78, 5) is 12.2. The van der Waals surface area contributed by atoms with Crippen molar-refractivity contribution in [2.45, 2.75) is 6.92 Å². The lowest BCUT2D eigenvalue weighted by Gasteiger charge is -2.15. The Morgan fingerprint density at radius 2 is 1.85 bits per heavy atom. The fourth-order valence-electron chi connectivity index (χ4n) is 2.96. The second-order valence-electron chi connectivity index (χ2n) is 6.76. The zero-order valence-electron chi connectivity index (χ0n) is 17.6. The first-order valence-corrected chi connectivity index (χ1v) is 10.7. The summed E-state index contributed by atoms with van der Waals surface area (Å²) in [5.41, 5.74) is 1.35. The molecule has 0 bridgehead atoms. The van der Waals surface area contributed by atoms with E-state index >= 15 is 0 Å². The predicted molar refractivity (Wildman–Crippen MR) is 126 cm³/mol. The molecule has 1 N–H and O–H groups in total. The van der Waals surface area contributed by atoms with Gasteiger partial charge in [0, 0.05) is 11.3 Å². The van der Waals surface area contributed by atoms with E-state index in [9.17, 15) is 18.8 Å². The molecule has 0 fully saturated rings. The molecule has 0 radical (unpaired) electrons. The Balaban J connectivity index is 1.82. The van der Waals surface area contributed by atoms with Gasteiger partial charge in [-0.2, -0.15) is 5.26 Å². The van der Waals surface area contributed by atoms with Crippen LogP contribution in [-0.2, 0) is 4.79 Å². The standard InChI is InChI=1S/C25H19BrF2N2O3/c1-2-32-23-13-16(11-17(14-29)20-5-3-4-6-22(20)28)12-21(26)25(23)33-15-24(31)30-19-9-7-18(27)8-10-19/h3-13H,2,15H2,1H3,(H,30,31)/b17-11-. The molecule has 3 aromatic rings. The molecule has 0 atom stereocenters. The average molecular weight is 513 g/mol. The van der Waals surface area contributed by atoms with E-state index in [1.54, 1.807) is 31.2 Å². The number of hydrogen-bond donors (Lipinski definition) is 1. The topological polar surface area (TPSA) is 71.3 Å². The van der Waals surface area contributed by atoms with E-state index in [1.807, 2.05) is 6.07 Å². The Labute approximate surface area is 198 Å². The molecule has 168 valence electrons. The van der Waals surface area contributed by atoms with E-state index in [1.165, 1.54) is 42.5 Å². The number of amides is 1. The number of carbonyl (C=O) groups excluding carboxylic acids is 1. The second-order valence-corrected chi connectivity index (χ2v) is 7.61. The van der Waals surface area contributed by atoms with E-state index in [0.717, 1.165) is 0 Å². The molecule has 33 heavy (non-hydrogen) atoms. The predicted octanol–water partition coefficient (Wildman–Crippen LogP) is 6.21. The Morgan fingerprint density at radius 3 is 2.52 bits per heavy atom. The molecule has 0 heterocycles. The number of ether oxygens (including phenoxy) is 2. The summed E-state index contributed by atoms with van der Waals surface area (Å²) in [7, 11) is 0. The van der Waals surface area contributed by atoms with Crippen LogP contribution in [0.3, 0.4) is 0 Å². The zero-order valence-corrected chi connectivity index (χ0v) is 19.2. The highest BCUT2D eigenvalue weighted by Crippen LogP contribution is 2.38. The summed E-state index contributed by atoms with van der Waals surface area (Å²) in [5.74, 6) is -0.697. The molecular weight excluding hydrogens is 494 g/mol. The first-order valence-electron chi connectivity index (χ1n) is 9.92. The Bertz CT molecular complexity index is 1220. The summed E-state index contributed by atoms with van der Waals surface area (Å²) in [6.45, 7) is 1.81. The van der Waals surface area contributed by atoms with Crippen molar-refractivity contribution in [1.29, 1.82) is 5.26 Å². The first-order chi connectivity index (χ1) is 15.9. The van der Waals surface area contributed by atoms with Gasteiger partial charge in [0.1, 0.15) is 11.6 Å². The summed E-state index contributed by atoms with van der Waals surface area (Å²) in [6.07, 6.45) is 1.54. The van der Waals surface area contributed by atoms with Crippen molar-refractivity contribution in [3.63, 3.8) is 0 Å². The van der Waals surface area contributed by atoms with Gasteiger partial charge >= 0.3 is 0 Å². The molecule has 3 aromatic carbocycles. The second kappa shape index (κ2) is 11.2. The number of allylic oxidation sites excluding steroid dienone is 1. The van der Waals surface area contributed by atoms with Crippen LogP contribution < -0.4 is 14.8 Å². The van der Waals surface area contributed by atoms with Crippen LogP contribution in [0.2, 0.25) is 0 Å². The number of nitriles is 1. The van der Waals surface area contributed by atoms with Crippen LogP contribution >= 0.6 is 15.9 Å². The fraction of sp³-hybridized carbons (Fsp3) is 0.120. The van der Waals surface area contributed by atoms with Gasteiger partial charge in [0.05, 0.1) is 22.7 Å². The van der Waals surface area contributed by atoms with Gasteiger partial charge in [-0.15, -0.1) is 0 Å². The minimum atomic E-state index is -0.499. The van der Waals surface area contributed by atoms with Crippen LogP contribution in [0.15, 0.2) is 65.1 Å². The van der Waals surface area contributed by atoms with Crippen molar-refractivity contribution >= 4 is 39.2 Å². The highest BCUT2D eigenvalue weighted by molar-refractivity contribution is 9.10. The third-order valence-corrected chi connectivity index (χ3v) is 4.99. The number of carbonyl (C=O) groups is 1. The number of rotatable bonds is 8. The van der Waals surface area contributed by atoms with Crippen LogP contribution in [0.25, 0.3) is 11.6 Å². The maximum atomic E-state index is 14.1. The third-order valence-electron chi connectivity index (χ3n) is 4.40. The normalized spacial score (nSPS) is 10.9. The molecule has 5 nitrogen and oxygen atoms in total. The van der Waals surface area contributed by atoms with Gasteiger partial charge in [-0.25, -0.2) is 8.78 Å². The molecule has 0 spiro atoms. The molecule has 0 saturated carbocycles. The van der Waals surface area contributed by atoms with Crippen molar-refractivity contribution in [3.05, 3.63) is 87.9 Å². The number of nitrogens with one attached hydrogen (secondary N) is 1. The van der Waals surface area contributed by atoms with Crippen LogP contribution in [-0.4, -0.2) is 19.1 Å². The molecule has 0 aliphatic heterocycles. The molecule has 0 aliphatic rings. The molecule has 0 aromatic heterocycles. The number of hydrogen-bond acceptors (Lipinski definition) is 4. The van der Waals surface area contributed by atoms with Gasteiger partial charge in [0.15, 0.2) is 18.1 Å². The maximum absolute atomic E-state index is 14.1. The van der Waals surface area contributed by atoms with E-state index in [2.05, 4.69) is 21.2 Å². The van der Waals surface area contributed by atoms with Crippen molar-refractivity contribution in [3.8, 4) is 17.6 Å². The Hall–Kier alpha value is -3.70. The smallest absolute Gasteiger partial charge is 0.262 e. The van der Waals surface area contributed by atoms with Gasteiger partial charge in [0.25, 0.3) is 5.91 Å². The van der Waals surface area contributed by atoms with Gasteiger partial charge in [-0.1, -0.05) is 18.2 Å². The van der Waals surface area contributed by atoms with Gasteiger partial charge in [-0.05, 0) is 77.0 Å². The molecule has 3 rings (SSSR count). The molecule has 1 amide bonds. The minimum Gasteiger partial charge on any atom is -0.490 e. The lowest BCUT2D eigenvalue weighted by atomic mass is 10.0. The van der Waals surface area contributed by atoms with Gasteiger partial charge < -0.3 is 14.8 Å². The lowest BCUT2D eigenvalue weighted by Crippen LogP contribution is -2.20. The molecule has 0 saturated heterocycles. The van der Waals surface area contributed by atoms with Crippen molar-refractivity contribution < 1.29 is 23.0 Å². The number of benzene rings is 3. The third kappa shape index (κ3) is 6.40. The van der Waals surface area contributed by atoms with E-state index in [4.69, 9.17) is 9.47 Å². The van der Waals surface area contributed by atoms with Crippen LogP contribution in [0.1, 0.15) is 18.1 Å². The van der Waals surface area contributed by atoms with Crippen LogP contribution in [0.5, 0.6) is 11.5 Å².